The maximum absolute atomic E-state index is 12.7. The molecule has 1 amide bonds. The van der Waals surface area contributed by atoms with Crippen LogP contribution in [0.3, 0.4) is 0 Å². The average Bonchev–Trinajstić information content (AvgIpc) is 2.53. The van der Waals surface area contributed by atoms with Gasteiger partial charge in [0, 0.05) is 24.7 Å². The van der Waals surface area contributed by atoms with Crippen molar-refractivity contribution in [3.05, 3.63) is 29.8 Å². The number of nitrogens with zero attached hydrogens (tertiary/aromatic N) is 1. The summed E-state index contributed by atoms with van der Waals surface area (Å²) in [6.45, 7) is 6.57. The highest BCUT2D eigenvalue weighted by molar-refractivity contribution is 7.92. The van der Waals surface area contributed by atoms with Gasteiger partial charge in [-0.05, 0) is 56.9 Å². The van der Waals surface area contributed by atoms with Gasteiger partial charge in [-0.3, -0.25) is 4.79 Å². The number of nitrogens with two attached hydrogens (primary N) is 1. The summed E-state index contributed by atoms with van der Waals surface area (Å²) in [6.07, 6.45) is 2.06. The predicted octanol–water partition coefficient (Wildman–Crippen LogP) is 2.07. The zero-order chi connectivity index (χ0) is 17.2. The number of rotatable bonds is 4. The van der Waals surface area contributed by atoms with E-state index < -0.39 is 15.1 Å². The van der Waals surface area contributed by atoms with Gasteiger partial charge in [-0.25, -0.2) is 8.42 Å². The molecule has 1 aliphatic heterocycles. The first-order valence-corrected chi connectivity index (χ1v) is 9.68. The van der Waals surface area contributed by atoms with E-state index in [-0.39, 0.29) is 16.8 Å². The van der Waals surface area contributed by atoms with Gasteiger partial charge in [-0.15, -0.1) is 0 Å². The first kappa shape index (κ1) is 17.9. The summed E-state index contributed by atoms with van der Waals surface area (Å²) >= 11 is 0. The second-order valence-electron chi connectivity index (χ2n) is 6.54. The molecular weight excluding hydrogens is 312 g/mol. The molecule has 0 saturated carbocycles. The van der Waals surface area contributed by atoms with E-state index in [0.717, 1.165) is 12.8 Å². The molecule has 1 aromatic carbocycles. The summed E-state index contributed by atoms with van der Waals surface area (Å²) in [5, 5.41) is -0.478. The number of amides is 1. The van der Waals surface area contributed by atoms with Gasteiger partial charge in [0.2, 0.25) is 0 Å². The highest BCUT2D eigenvalue weighted by atomic mass is 32.2. The topological polar surface area (TPSA) is 80.5 Å². The van der Waals surface area contributed by atoms with Gasteiger partial charge in [-0.1, -0.05) is 6.92 Å². The maximum Gasteiger partial charge on any atom is 0.254 e. The highest BCUT2D eigenvalue weighted by Gasteiger charge is 2.31. The van der Waals surface area contributed by atoms with Crippen molar-refractivity contribution in [3.8, 4) is 0 Å². The molecular formula is C17H26N2O3S. The van der Waals surface area contributed by atoms with Crippen molar-refractivity contribution in [3.63, 3.8) is 0 Å². The minimum atomic E-state index is -3.31. The Hall–Kier alpha value is -1.40. The molecule has 2 rings (SSSR count). The summed E-state index contributed by atoms with van der Waals surface area (Å²) < 4.78 is 24.3. The molecule has 5 nitrogen and oxygen atoms in total. The van der Waals surface area contributed by atoms with Gasteiger partial charge in [-0.2, -0.15) is 0 Å². The molecule has 6 heteroatoms. The van der Waals surface area contributed by atoms with E-state index in [1.807, 2.05) is 4.90 Å². The molecule has 1 saturated heterocycles. The zero-order valence-corrected chi connectivity index (χ0v) is 14.8. The Morgan fingerprint density at radius 2 is 1.91 bits per heavy atom. The van der Waals surface area contributed by atoms with Crippen LogP contribution in [0.4, 0.5) is 0 Å². The molecule has 1 aliphatic rings. The van der Waals surface area contributed by atoms with Crippen molar-refractivity contribution in [2.24, 2.45) is 11.7 Å². The Bertz CT molecular complexity index is 653. The van der Waals surface area contributed by atoms with Gasteiger partial charge in [0.05, 0.1) is 10.1 Å². The SMILES string of the molecule is CC(C)S(=O)(=O)c1ccc(C(=O)N2CCC[C@@H](C)[C@H]2CN)cc1. The minimum absolute atomic E-state index is 0.0512. The Kier molecular flexibility index (Phi) is 5.47. The average molecular weight is 338 g/mol. The molecule has 1 heterocycles. The highest BCUT2D eigenvalue weighted by Crippen LogP contribution is 2.25. The van der Waals surface area contributed by atoms with Crippen LogP contribution in [0, 0.1) is 5.92 Å². The van der Waals surface area contributed by atoms with Crippen LogP contribution in [0.15, 0.2) is 29.2 Å². The lowest BCUT2D eigenvalue weighted by Gasteiger charge is -2.39. The van der Waals surface area contributed by atoms with E-state index in [1.165, 1.54) is 12.1 Å². The van der Waals surface area contributed by atoms with Gasteiger partial charge in [0.25, 0.3) is 5.91 Å². The molecule has 0 bridgehead atoms. The summed E-state index contributed by atoms with van der Waals surface area (Å²) in [5.74, 6) is 0.318. The van der Waals surface area contributed by atoms with Crippen LogP contribution < -0.4 is 5.73 Å². The molecule has 2 atom stereocenters. The third-order valence-corrected chi connectivity index (χ3v) is 6.84. The van der Waals surface area contributed by atoms with Crippen molar-refractivity contribution in [2.75, 3.05) is 13.1 Å². The standard InChI is InChI=1S/C17H26N2O3S/c1-12(2)23(21,22)15-8-6-14(7-9-15)17(20)19-10-4-5-13(3)16(19)11-18/h6-9,12-13,16H,4-5,10-11,18H2,1-3H3/t13-,16-/m1/s1. The molecule has 0 spiro atoms. The first-order chi connectivity index (χ1) is 10.8. The fraction of sp³-hybridized carbons (Fsp3) is 0.588. The third-order valence-electron chi connectivity index (χ3n) is 4.67. The molecule has 0 unspecified atom stereocenters. The summed E-state index contributed by atoms with van der Waals surface area (Å²) in [4.78, 5) is 14.8. The molecule has 128 valence electrons. The van der Waals surface area contributed by atoms with Crippen molar-refractivity contribution in [1.29, 1.82) is 0 Å². The molecule has 1 fully saturated rings. The Morgan fingerprint density at radius 3 is 2.43 bits per heavy atom. The van der Waals surface area contributed by atoms with Crippen LogP contribution in [-0.4, -0.2) is 43.6 Å². The number of benzene rings is 1. The number of carbonyl (C=O) groups is 1. The Morgan fingerprint density at radius 1 is 1.30 bits per heavy atom. The lowest BCUT2D eigenvalue weighted by atomic mass is 9.90. The lowest BCUT2D eigenvalue weighted by Crippen LogP contribution is -2.51. The number of hydrogen-bond donors (Lipinski definition) is 1. The van der Waals surface area contributed by atoms with E-state index in [0.29, 0.717) is 24.6 Å². The molecule has 2 N–H and O–H groups in total. The van der Waals surface area contributed by atoms with Crippen LogP contribution in [-0.2, 0) is 9.84 Å². The monoisotopic (exact) mass is 338 g/mol. The van der Waals surface area contributed by atoms with Crippen molar-refractivity contribution in [1.82, 2.24) is 4.90 Å². The zero-order valence-electron chi connectivity index (χ0n) is 14.0. The third kappa shape index (κ3) is 3.58. The fourth-order valence-electron chi connectivity index (χ4n) is 3.09. The molecule has 23 heavy (non-hydrogen) atoms. The normalized spacial score (nSPS) is 22.4. The number of hydrogen-bond acceptors (Lipinski definition) is 4. The second kappa shape index (κ2) is 7.01. The second-order valence-corrected chi connectivity index (χ2v) is 9.04. The van der Waals surface area contributed by atoms with Gasteiger partial charge < -0.3 is 10.6 Å². The van der Waals surface area contributed by atoms with Crippen LogP contribution >= 0.6 is 0 Å². The number of likely N-dealkylation sites (tertiary alicyclic amines) is 1. The van der Waals surface area contributed by atoms with Crippen LogP contribution in [0.25, 0.3) is 0 Å². The first-order valence-electron chi connectivity index (χ1n) is 8.14. The van der Waals surface area contributed by atoms with E-state index in [1.54, 1.807) is 26.0 Å². The number of sulfone groups is 1. The van der Waals surface area contributed by atoms with E-state index in [2.05, 4.69) is 6.92 Å². The van der Waals surface area contributed by atoms with Crippen molar-refractivity contribution < 1.29 is 13.2 Å². The largest absolute Gasteiger partial charge is 0.334 e. The molecule has 0 aliphatic carbocycles. The minimum Gasteiger partial charge on any atom is -0.334 e. The summed E-state index contributed by atoms with van der Waals surface area (Å²) in [7, 11) is -3.31. The van der Waals surface area contributed by atoms with Gasteiger partial charge in [0.15, 0.2) is 9.84 Å². The van der Waals surface area contributed by atoms with Crippen LogP contribution in [0.5, 0.6) is 0 Å². The Balaban J connectivity index is 2.24. The summed E-state index contributed by atoms with van der Waals surface area (Å²) in [6, 6.07) is 6.30. The lowest BCUT2D eigenvalue weighted by molar-refractivity contribution is 0.0532. The van der Waals surface area contributed by atoms with E-state index in [4.69, 9.17) is 5.73 Å². The van der Waals surface area contributed by atoms with Gasteiger partial charge >= 0.3 is 0 Å². The number of piperidine rings is 1. The molecule has 1 aromatic rings. The van der Waals surface area contributed by atoms with Crippen LogP contribution in [0.2, 0.25) is 0 Å². The predicted molar refractivity (Wildman–Crippen MR) is 91.0 cm³/mol. The fourth-order valence-corrected chi connectivity index (χ4v) is 4.15. The van der Waals surface area contributed by atoms with Gasteiger partial charge in [0.1, 0.15) is 0 Å². The maximum atomic E-state index is 12.7. The molecule has 0 radical (unpaired) electrons. The quantitative estimate of drug-likeness (QED) is 0.911. The summed E-state index contributed by atoms with van der Waals surface area (Å²) in [5.41, 5.74) is 6.36. The van der Waals surface area contributed by atoms with E-state index >= 15 is 0 Å². The Labute approximate surface area is 138 Å². The van der Waals surface area contributed by atoms with E-state index in [9.17, 15) is 13.2 Å². The van der Waals surface area contributed by atoms with Crippen molar-refractivity contribution >= 4 is 15.7 Å². The van der Waals surface area contributed by atoms with Crippen LogP contribution in [0.1, 0.15) is 44.0 Å². The number of carbonyl (C=O) groups excluding carboxylic acids is 1. The smallest absolute Gasteiger partial charge is 0.254 e. The van der Waals surface area contributed by atoms with Crippen molar-refractivity contribution in [2.45, 2.75) is 49.8 Å². The molecule has 0 aromatic heterocycles.